The van der Waals surface area contributed by atoms with Crippen LogP contribution < -0.4 is 9.80 Å². The number of para-hydroxylation sites is 1. The third kappa shape index (κ3) is 5.77. The predicted octanol–water partition coefficient (Wildman–Crippen LogP) is 4.70. The first-order chi connectivity index (χ1) is 20.9. The van der Waals surface area contributed by atoms with Crippen molar-refractivity contribution in [2.75, 3.05) is 23.0 Å². The summed E-state index contributed by atoms with van der Waals surface area (Å²) < 4.78 is 1.72. The molecule has 0 bridgehead atoms. The number of aliphatic hydroxyl groups is 2. The molecule has 220 valence electrons. The highest BCUT2D eigenvalue weighted by molar-refractivity contribution is 6.08. The quantitative estimate of drug-likeness (QED) is 0.176. The number of hydrogen-bond acceptors (Lipinski definition) is 6. The number of nitrogens with zero attached hydrogens (tertiary/aromatic N) is 5. The summed E-state index contributed by atoms with van der Waals surface area (Å²) >= 11 is 0. The molecule has 3 atom stereocenters. The van der Waals surface area contributed by atoms with Crippen molar-refractivity contribution >= 4 is 29.4 Å². The topological polar surface area (TPSA) is 112 Å². The van der Waals surface area contributed by atoms with Crippen molar-refractivity contribution in [3.8, 4) is 0 Å². The van der Waals surface area contributed by atoms with E-state index in [9.17, 15) is 19.8 Å². The van der Waals surface area contributed by atoms with Gasteiger partial charge in [-0.1, -0.05) is 78.9 Å². The summed E-state index contributed by atoms with van der Waals surface area (Å²) in [4.78, 5) is 28.8. The number of aliphatic hydroxyl groups excluding tert-OH is 1. The largest absolute Gasteiger partial charge is 0.395 e. The van der Waals surface area contributed by atoms with Crippen molar-refractivity contribution in [2.24, 2.45) is 5.92 Å². The van der Waals surface area contributed by atoms with E-state index in [1.54, 1.807) is 35.9 Å². The van der Waals surface area contributed by atoms with Gasteiger partial charge in [-0.2, -0.15) is 0 Å². The molecule has 0 saturated carbocycles. The van der Waals surface area contributed by atoms with Gasteiger partial charge in [0.05, 0.1) is 23.9 Å². The van der Waals surface area contributed by atoms with E-state index in [-0.39, 0.29) is 19.1 Å². The third-order valence-electron chi connectivity index (χ3n) is 7.89. The van der Waals surface area contributed by atoms with Crippen molar-refractivity contribution in [3.63, 3.8) is 0 Å². The zero-order chi connectivity index (χ0) is 30.4. The van der Waals surface area contributed by atoms with E-state index in [1.165, 1.54) is 9.80 Å². The van der Waals surface area contributed by atoms with Crippen molar-refractivity contribution in [1.29, 1.82) is 0 Å². The van der Waals surface area contributed by atoms with Crippen LogP contribution >= 0.6 is 0 Å². The highest BCUT2D eigenvalue weighted by atomic mass is 16.3. The summed E-state index contributed by atoms with van der Waals surface area (Å²) in [6.07, 6.45) is 8.50. The molecule has 1 aromatic heterocycles. The van der Waals surface area contributed by atoms with E-state index in [4.69, 9.17) is 0 Å². The molecule has 4 aromatic rings. The van der Waals surface area contributed by atoms with E-state index < -0.39 is 17.4 Å². The van der Waals surface area contributed by atoms with Crippen LogP contribution in [0.1, 0.15) is 36.1 Å². The lowest BCUT2D eigenvalue weighted by atomic mass is 9.82. The zero-order valence-corrected chi connectivity index (χ0v) is 24.0. The van der Waals surface area contributed by atoms with Crippen LogP contribution in [0.15, 0.2) is 110 Å². The number of fused-ring (bicyclic) bond motifs is 1. The van der Waals surface area contributed by atoms with Crippen molar-refractivity contribution < 1.29 is 19.8 Å². The average Bonchev–Trinajstić information content (AvgIpc) is 3.59. The van der Waals surface area contributed by atoms with Gasteiger partial charge in [-0.3, -0.25) is 19.2 Å². The van der Waals surface area contributed by atoms with Crippen LogP contribution in [-0.4, -0.2) is 50.7 Å². The Morgan fingerprint density at radius 1 is 1.05 bits per heavy atom. The van der Waals surface area contributed by atoms with Gasteiger partial charge in [0, 0.05) is 42.1 Å². The molecule has 0 saturated heterocycles. The van der Waals surface area contributed by atoms with Crippen LogP contribution in [0, 0.1) is 5.92 Å². The van der Waals surface area contributed by atoms with Crippen LogP contribution in [0.2, 0.25) is 0 Å². The smallest absolute Gasteiger partial charge is 0.264 e. The van der Waals surface area contributed by atoms with Gasteiger partial charge in [0.25, 0.3) is 5.91 Å². The number of amides is 2. The van der Waals surface area contributed by atoms with Crippen LogP contribution in [0.25, 0.3) is 0 Å². The molecular weight excluding hydrogens is 542 g/mol. The molecule has 9 nitrogen and oxygen atoms in total. The van der Waals surface area contributed by atoms with E-state index in [0.717, 1.165) is 12.0 Å². The molecule has 0 aliphatic carbocycles. The maximum Gasteiger partial charge on any atom is 0.264 e. The van der Waals surface area contributed by atoms with E-state index in [1.807, 2.05) is 79.0 Å². The predicted molar refractivity (Wildman–Crippen MR) is 166 cm³/mol. The molecule has 2 amide bonds. The highest BCUT2D eigenvalue weighted by Gasteiger charge is 2.52. The number of rotatable bonds is 13. The van der Waals surface area contributed by atoms with Gasteiger partial charge < -0.3 is 15.1 Å². The number of allylic oxidation sites excluding steroid dienone is 1. The summed E-state index contributed by atoms with van der Waals surface area (Å²) in [6.45, 7) is 6.28. The fraction of sp³-hybridized carbons (Fsp3) is 0.235. The Balaban J connectivity index is 1.34. The van der Waals surface area contributed by atoms with Gasteiger partial charge in [-0.15, -0.1) is 11.7 Å². The first-order valence-electron chi connectivity index (χ1n) is 14.2. The minimum Gasteiger partial charge on any atom is -0.395 e. The highest BCUT2D eigenvalue weighted by Crippen LogP contribution is 2.47. The molecule has 2 N–H and O–H groups in total. The van der Waals surface area contributed by atoms with Crippen LogP contribution in [-0.2, 0) is 21.7 Å². The summed E-state index contributed by atoms with van der Waals surface area (Å²) in [7, 11) is 0. The number of benzene rings is 3. The van der Waals surface area contributed by atoms with Gasteiger partial charge in [0.2, 0.25) is 6.41 Å². The fourth-order valence-corrected chi connectivity index (χ4v) is 5.54. The summed E-state index contributed by atoms with van der Waals surface area (Å²) in [6, 6.07) is 24.1. The molecule has 0 fully saturated rings. The maximum absolute atomic E-state index is 13.7. The Bertz CT molecular complexity index is 1600. The average molecular weight is 578 g/mol. The summed E-state index contributed by atoms with van der Waals surface area (Å²) in [5.74, 6) is -1.27. The Labute approximate surface area is 251 Å². The van der Waals surface area contributed by atoms with E-state index in [0.29, 0.717) is 41.3 Å². The number of anilines is 3. The maximum atomic E-state index is 13.7. The number of aryl methyl sites for hydroxylation is 1. The minimum atomic E-state index is -1.83. The molecule has 0 radical (unpaired) electrons. The molecule has 1 aliphatic heterocycles. The van der Waals surface area contributed by atoms with Gasteiger partial charge in [0.1, 0.15) is 0 Å². The van der Waals surface area contributed by atoms with Gasteiger partial charge >= 0.3 is 0 Å². The molecule has 9 heteroatoms. The monoisotopic (exact) mass is 577 g/mol. The number of carbonyl (C=O) groups excluding carboxylic acids is 2. The molecule has 1 unspecified atom stereocenters. The standard InChI is InChI=1S/C34H35N5O4/c1-3-19-38-32-18-17-28(39(24-41)27-15-8-5-9-16-27)21-30(32)34(43,33(38)42)25(2)12-10-11-20-37-22-31(35-36-37)29(23-40)26-13-6-4-7-14-26/h3-10,12-18,21-22,24-25,29,40,43H,1,11,19-20,23H2,2H3/b12-10+/t25-,29?,34+/m0/s1. The fourth-order valence-electron chi connectivity index (χ4n) is 5.54. The summed E-state index contributed by atoms with van der Waals surface area (Å²) in [5, 5.41) is 30.4. The Kier molecular flexibility index (Phi) is 8.94. The van der Waals surface area contributed by atoms with Crippen molar-refractivity contribution in [2.45, 2.75) is 31.4 Å². The SMILES string of the molecule is C=CCN1C(=O)[C@@](O)([C@@H](C)/C=C/CCn2cc(C(CO)c3ccccc3)nn2)c2cc(N(C=O)c3ccccc3)ccc21. The lowest BCUT2D eigenvalue weighted by Gasteiger charge is -2.28. The Hall–Kier alpha value is -4.86. The van der Waals surface area contributed by atoms with Crippen molar-refractivity contribution in [1.82, 2.24) is 15.0 Å². The number of carbonyl (C=O) groups is 2. The molecule has 2 heterocycles. The lowest BCUT2D eigenvalue weighted by molar-refractivity contribution is -0.139. The molecule has 5 rings (SSSR count). The molecule has 43 heavy (non-hydrogen) atoms. The molecular formula is C34H35N5O4. The second kappa shape index (κ2) is 13.0. The van der Waals surface area contributed by atoms with Gasteiger partial charge in [-0.05, 0) is 42.3 Å². The molecule has 0 spiro atoms. The Morgan fingerprint density at radius 3 is 2.44 bits per heavy atom. The second-order valence-corrected chi connectivity index (χ2v) is 10.5. The van der Waals surface area contributed by atoms with Gasteiger partial charge in [-0.25, -0.2) is 0 Å². The van der Waals surface area contributed by atoms with Crippen molar-refractivity contribution in [3.05, 3.63) is 127 Å². The molecule has 1 aliphatic rings. The minimum absolute atomic E-state index is 0.0747. The first-order valence-corrected chi connectivity index (χ1v) is 14.2. The first kappa shape index (κ1) is 29.6. The normalized spacial score (nSPS) is 17.6. The summed E-state index contributed by atoms with van der Waals surface area (Å²) in [5.41, 5.74) is 2.06. The second-order valence-electron chi connectivity index (χ2n) is 10.5. The number of hydrogen-bond donors (Lipinski definition) is 2. The van der Waals surface area contributed by atoms with Crippen LogP contribution in [0.3, 0.4) is 0 Å². The Morgan fingerprint density at radius 2 is 1.77 bits per heavy atom. The van der Waals surface area contributed by atoms with Crippen LogP contribution in [0.5, 0.6) is 0 Å². The van der Waals surface area contributed by atoms with E-state index in [2.05, 4.69) is 16.9 Å². The number of aromatic nitrogens is 3. The lowest BCUT2D eigenvalue weighted by Crippen LogP contribution is -2.44. The zero-order valence-electron chi connectivity index (χ0n) is 24.0. The van der Waals surface area contributed by atoms with Gasteiger partial charge in [0.15, 0.2) is 5.60 Å². The van der Waals surface area contributed by atoms with Crippen LogP contribution in [0.4, 0.5) is 17.1 Å². The molecule has 3 aromatic carbocycles. The third-order valence-corrected chi connectivity index (χ3v) is 7.89. The van der Waals surface area contributed by atoms with E-state index >= 15 is 0 Å².